The number of methoxy groups -OCH3 is 1. The first-order valence-corrected chi connectivity index (χ1v) is 8.18. The lowest BCUT2D eigenvalue weighted by Gasteiger charge is -2.47. The van der Waals surface area contributed by atoms with Gasteiger partial charge in [0.2, 0.25) is 0 Å². The molecule has 3 aliphatic rings. The predicted octanol–water partition coefficient (Wildman–Crippen LogP) is 3.82. The Morgan fingerprint density at radius 3 is 2.00 bits per heavy atom. The number of hydrogen-bond donors (Lipinski definition) is 1. The van der Waals surface area contributed by atoms with Crippen molar-refractivity contribution in [2.24, 2.45) is 5.41 Å². The highest BCUT2D eigenvalue weighted by atomic mass is 16.5. The second-order valence-electron chi connectivity index (χ2n) is 7.19. The van der Waals surface area contributed by atoms with Crippen molar-refractivity contribution >= 4 is 0 Å². The first kappa shape index (κ1) is 12.7. The molecule has 1 aromatic carbocycles. The van der Waals surface area contributed by atoms with Gasteiger partial charge in [-0.2, -0.15) is 0 Å². The summed E-state index contributed by atoms with van der Waals surface area (Å²) >= 11 is 0. The van der Waals surface area contributed by atoms with Gasteiger partial charge in [0.25, 0.3) is 0 Å². The van der Waals surface area contributed by atoms with Crippen molar-refractivity contribution in [3.63, 3.8) is 0 Å². The fraction of sp³-hybridized carbons (Fsp3) is 0.667. The number of rotatable bonds is 3. The molecule has 0 atom stereocenters. The normalized spacial score (nSPS) is 25.4. The van der Waals surface area contributed by atoms with Crippen LogP contribution in [0, 0.1) is 5.41 Å². The van der Waals surface area contributed by atoms with Crippen LogP contribution in [-0.4, -0.2) is 20.2 Å². The molecule has 0 radical (unpaired) electrons. The average Bonchev–Trinajstić information content (AvgIpc) is 3.30. The summed E-state index contributed by atoms with van der Waals surface area (Å²) in [5.74, 6) is 2.64. The van der Waals surface area contributed by atoms with Gasteiger partial charge in [0.15, 0.2) is 0 Å². The van der Waals surface area contributed by atoms with E-state index in [0.717, 1.165) is 17.6 Å². The molecule has 2 heteroatoms. The highest BCUT2D eigenvalue weighted by Crippen LogP contribution is 2.47. The third-order valence-corrected chi connectivity index (χ3v) is 5.75. The van der Waals surface area contributed by atoms with E-state index in [1.54, 1.807) is 7.11 Å². The van der Waals surface area contributed by atoms with E-state index >= 15 is 0 Å². The Labute approximate surface area is 121 Å². The van der Waals surface area contributed by atoms with Crippen molar-refractivity contribution in [1.82, 2.24) is 5.32 Å². The van der Waals surface area contributed by atoms with E-state index in [-0.39, 0.29) is 0 Å². The summed E-state index contributed by atoms with van der Waals surface area (Å²) in [5, 5.41) is 3.46. The van der Waals surface area contributed by atoms with Crippen LogP contribution in [0.25, 0.3) is 0 Å². The van der Waals surface area contributed by atoms with Gasteiger partial charge in [-0.25, -0.2) is 0 Å². The molecule has 108 valence electrons. The van der Waals surface area contributed by atoms with Gasteiger partial charge in [-0.05, 0) is 79.0 Å². The van der Waals surface area contributed by atoms with Gasteiger partial charge >= 0.3 is 0 Å². The minimum atomic E-state index is 0.661. The zero-order chi connectivity index (χ0) is 13.6. The standard InChI is InChI=1S/C18H25NO/c1-20-17-9-15(13-2-3-13)8-16(10-17)14-4-6-18(7-5-14)11-19-12-18/h8-10,13-14,19H,2-7,11-12H2,1H3. The van der Waals surface area contributed by atoms with Crippen LogP contribution in [0.3, 0.4) is 0 Å². The van der Waals surface area contributed by atoms with Crippen molar-refractivity contribution in [2.75, 3.05) is 20.2 Å². The van der Waals surface area contributed by atoms with Crippen LogP contribution in [-0.2, 0) is 0 Å². The lowest BCUT2D eigenvalue weighted by atomic mass is 9.66. The Balaban J connectivity index is 1.53. The van der Waals surface area contributed by atoms with Gasteiger partial charge < -0.3 is 10.1 Å². The van der Waals surface area contributed by atoms with Crippen LogP contribution in [0.15, 0.2) is 18.2 Å². The highest BCUT2D eigenvalue weighted by Gasteiger charge is 2.40. The highest BCUT2D eigenvalue weighted by molar-refractivity contribution is 5.39. The van der Waals surface area contributed by atoms with Crippen molar-refractivity contribution in [3.05, 3.63) is 29.3 Å². The Morgan fingerprint density at radius 2 is 1.55 bits per heavy atom. The van der Waals surface area contributed by atoms with Gasteiger partial charge in [-0.15, -0.1) is 0 Å². The third-order valence-electron chi connectivity index (χ3n) is 5.75. The van der Waals surface area contributed by atoms with Gasteiger partial charge in [-0.3, -0.25) is 0 Å². The molecule has 4 rings (SSSR count). The van der Waals surface area contributed by atoms with E-state index in [9.17, 15) is 0 Å². The van der Waals surface area contributed by atoms with E-state index in [4.69, 9.17) is 4.74 Å². The van der Waals surface area contributed by atoms with Crippen molar-refractivity contribution in [3.8, 4) is 5.75 Å². The Hall–Kier alpha value is -1.02. The lowest BCUT2D eigenvalue weighted by Crippen LogP contribution is -2.54. The number of nitrogens with one attached hydrogen (secondary N) is 1. The van der Waals surface area contributed by atoms with Gasteiger partial charge in [0.1, 0.15) is 5.75 Å². The molecule has 3 fully saturated rings. The van der Waals surface area contributed by atoms with Crippen LogP contribution in [0.2, 0.25) is 0 Å². The molecule has 0 aromatic heterocycles. The molecular formula is C18H25NO. The molecule has 20 heavy (non-hydrogen) atoms. The minimum absolute atomic E-state index is 0.661. The zero-order valence-corrected chi connectivity index (χ0v) is 12.5. The van der Waals surface area contributed by atoms with Crippen LogP contribution in [0.4, 0.5) is 0 Å². The maximum atomic E-state index is 5.53. The van der Waals surface area contributed by atoms with Crippen LogP contribution < -0.4 is 10.1 Å². The molecule has 0 amide bonds. The Kier molecular flexibility index (Phi) is 3.03. The summed E-state index contributed by atoms with van der Waals surface area (Å²) in [4.78, 5) is 0. The summed E-state index contributed by atoms with van der Waals surface area (Å²) in [6, 6.07) is 7.01. The SMILES string of the molecule is COc1cc(C2CC2)cc(C2CCC3(CC2)CNC3)c1. The maximum Gasteiger partial charge on any atom is 0.119 e. The molecule has 1 aliphatic heterocycles. The Morgan fingerprint density at radius 1 is 0.950 bits per heavy atom. The maximum absolute atomic E-state index is 5.53. The summed E-state index contributed by atoms with van der Waals surface area (Å²) in [6.45, 7) is 2.51. The smallest absolute Gasteiger partial charge is 0.119 e. The van der Waals surface area contributed by atoms with E-state index in [0.29, 0.717) is 5.41 Å². The van der Waals surface area contributed by atoms with Crippen molar-refractivity contribution in [1.29, 1.82) is 0 Å². The summed E-state index contributed by atoms with van der Waals surface area (Å²) in [7, 11) is 1.80. The number of benzene rings is 1. The molecule has 1 spiro atoms. The van der Waals surface area contributed by atoms with Gasteiger partial charge in [0, 0.05) is 13.1 Å². The quantitative estimate of drug-likeness (QED) is 0.902. The van der Waals surface area contributed by atoms with E-state index in [1.807, 2.05) is 0 Å². The zero-order valence-electron chi connectivity index (χ0n) is 12.5. The number of hydrogen-bond acceptors (Lipinski definition) is 2. The molecule has 0 unspecified atom stereocenters. The minimum Gasteiger partial charge on any atom is -0.497 e. The number of ether oxygens (including phenoxy) is 1. The second kappa shape index (κ2) is 4.77. The van der Waals surface area contributed by atoms with Crippen LogP contribution >= 0.6 is 0 Å². The molecule has 2 saturated carbocycles. The molecule has 0 bridgehead atoms. The molecule has 2 nitrogen and oxygen atoms in total. The molecular weight excluding hydrogens is 246 g/mol. The van der Waals surface area contributed by atoms with Crippen molar-refractivity contribution in [2.45, 2.75) is 50.4 Å². The molecule has 1 saturated heterocycles. The predicted molar refractivity (Wildman–Crippen MR) is 81.5 cm³/mol. The summed E-state index contributed by atoms with van der Waals surface area (Å²) in [6.07, 6.45) is 8.26. The first-order chi connectivity index (χ1) is 9.78. The summed E-state index contributed by atoms with van der Waals surface area (Å²) < 4.78 is 5.53. The van der Waals surface area contributed by atoms with Crippen LogP contribution in [0.5, 0.6) is 5.75 Å². The molecule has 1 heterocycles. The monoisotopic (exact) mass is 271 g/mol. The summed E-state index contributed by atoms with van der Waals surface area (Å²) in [5.41, 5.74) is 3.72. The second-order valence-corrected chi connectivity index (χ2v) is 7.19. The third kappa shape index (κ3) is 2.24. The molecule has 1 aromatic rings. The van der Waals surface area contributed by atoms with Gasteiger partial charge in [-0.1, -0.05) is 6.07 Å². The van der Waals surface area contributed by atoms with Crippen molar-refractivity contribution < 1.29 is 4.74 Å². The van der Waals surface area contributed by atoms with E-state index < -0.39 is 0 Å². The fourth-order valence-electron chi connectivity index (χ4n) is 4.05. The van der Waals surface area contributed by atoms with Gasteiger partial charge in [0.05, 0.1) is 7.11 Å². The van der Waals surface area contributed by atoms with E-state index in [2.05, 4.69) is 23.5 Å². The average molecular weight is 271 g/mol. The Bertz CT molecular complexity index is 492. The van der Waals surface area contributed by atoms with Crippen LogP contribution in [0.1, 0.15) is 61.5 Å². The largest absolute Gasteiger partial charge is 0.497 e. The fourth-order valence-corrected chi connectivity index (χ4v) is 4.05. The molecule has 1 N–H and O–H groups in total. The molecule has 2 aliphatic carbocycles. The lowest BCUT2D eigenvalue weighted by molar-refractivity contribution is 0.0974. The topological polar surface area (TPSA) is 21.3 Å². The first-order valence-electron chi connectivity index (χ1n) is 8.18. The van der Waals surface area contributed by atoms with E-state index in [1.165, 1.54) is 62.7 Å².